The molecule has 1 fully saturated rings. The first-order valence-electron chi connectivity index (χ1n) is 9.68. The fraction of sp³-hybridized carbons (Fsp3) is 0.400. The van der Waals surface area contributed by atoms with Gasteiger partial charge in [0.15, 0.2) is 5.16 Å². The van der Waals surface area contributed by atoms with Crippen LogP contribution in [0, 0.1) is 0 Å². The first-order valence-corrected chi connectivity index (χ1v) is 10.6. The number of esters is 1. The van der Waals surface area contributed by atoms with Crippen LogP contribution in [0.3, 0.4) is 0 Å². The Hall–Kier alpha value is -2.85. The maximum atomic E-state index is 12.5. The van der Waals surface area contributed by atoms with Gasteiger partial charge in [0.05, 0.1) is 25.1 Å². The molecule has 1 atom stereocenters. The molecule has 2 aromatic rings. The van der Waals surface area contributed by atoms with Gasteiger partial charge in [-0.15, -0.1) is 0 Å². The lowest BCUT2D eigenvalue weighted by Crippen LogP contribution is -2.36. The van der Waals surface area contributed by atoms with Crippen LogP contribution in [0.1, 0.15) is 24.2 Å². The van der Waals surface area contributed by atoms with Crippen molar-refractivity contribution in [1.29, 1.82) is 0 Å². The predicted octanol–water partition coefficient (Wildman–Crippen LogP) is 2.19. The summed E-state index contributed by atoms with van der Waals surface area (Å²) in [4.78, 5) is 34.8. The Labute approximate surface area is 179 Å². The van der Waals surface area contributed by atoms with Crippen LogP contribution < -0.4 is 16.0 Å². The van der Waals surface area contributed by atoms with Crippen LogP contribution in [-0.2, 0) is 14.3 Å². The number of nitrogens with zero attached hydrogens (tertiary/aromatic N) is 3. The molecule has 3 rings (SSSR count). The van der Waals surface area contributed by atoms with Gasteiger partial charge in [0.2, 0.25) is 5.91 Å². The van der Waals surface area contributed by atoms with E-state index in [1.807, 2.05) is 24.3 Å². The highest BCUT2D eigenvalue weighted by molar-refractivity contribution is 8.00. The van der Waals surface area contributed by atoms with Crippen LogP contribution in [0.15, 0.2) is 35.6 Å². The lowest BCUT2D eigenvalue weighted by molar-refractivity contribution is -0.115. The number of nitrogens with two attached hydrogens (primary N) is 1. The SMILES string of the molecule is CCOC(=O)c1cnc(S[C@H](C)C(=O)Nc2ccc(N3CCOCC3)cc2)nc1N. The van der Waals surface area contributed by atoms with Gasteiger partial charge >= 0.3 is 5.97 Å². The van der Waals surface area contributed by atoms with Gasteiger partial charge < -0.3 is 25.4 Å². The van der Waals surface area contributed by atoms with Crippen LogP contribution in [0.2, 0.25) is 0 Å². The molecule has 1 aromatic carbocycles. The summed E-state index contributed by atoms with van der Waals surface area (Å²) in [6.07, 6.45) is 1.32. The average Bonchev–Trinajstić information content (AvgIpc) is 2.75. The summed E-state index contributed by atoms with van der Waals surface area (Å²) in [5, 5.41) is 2.74. The van der Waals surface area contributed by atoms with Crippen molar-refractivity contribution in [2.75, 3.05) is 48.9 Å². The molecule has 1 aliphatic rings. The van der Waals surface area contributed by atoms with E-state index in [-0.39, 0.29) is 23.9 Å². The molecule has 3 N–H and O–H groups in total. The molecule has 1 aromatic heterocycles. The van der Waals surface area contributed by atoms with Gasteiger partial charge in [0, 0.05) is 30.7 Å². The zero-order valence-corrected chi connectivity index (χ0v) is 17.8. The minimum absolute atomic E-state index is 0.0252. The fourth-order valence-corrected chi connectivity index (χ4v) is 3.58. The zero-order chi connectivity index (χ0) is 21.5. The molecule has 0 bridgehead atoms. The van der Waals surface area contributed by atoms with Gasteiger partial charge in [-0.05, 0) is 38.1 Å². The number of thioether (sulfide) groups is 1. The van der Waals surface area contributed by atoms with E-state index in [2.05, 4.69) is 20.2 Å². The van der Waals surface area contributed by atoms with Gasteiger partial charge in [0.1, 0.15) is 11.4 Å². The van der Waals surface area contributed by atoms with Gasteiger partial charge in [0.25, 0.3) is 0 Å². The summed E-state index contributed by atoms with van der Waals surface area (Å²) < 4.78 is 10.3. The van der Waals surface area contributed by atoms with E-state index in [4.69, 9.17) is 15.2 Å². The number of rotatable bonds is 7. The monoisotopic (exact) mass is 431 g/mol. The molecule has 1 aliphatic heterocycles. The van der Waals surface area contributed by atoms with Gasteiger partial charge in [-0.2, -0.15) is 0 Å². The smallest absolute Gasteiger partial charge is 0.343 e. The van der Waals surface area contributed by atoms with E-state index in [9.17, 15) is 9.59 Å². The largest absolute Gasteiger partial charge is 0.462 e. The third-order valence-corrected chi connectivity index (χ3v) is 5.43. The van der Waals surface area contributed by atoms with E-state index in [1.54, 1.807) is 13.8 Å². The molecule has 30 heavy (non-hydrogen) atoms. The number of ether oxygens (including phenoxy) is 2. The molecule has 1 saturated heterocycles. The highest BCUT2D eigenvalue weighted by Crippen LogP contribution is 2.24. The van der Waals surface area contributed by atoms with Crippen molar-refractivity contribution in [1.82, 2.24) is 9.97 Å². The fourth-order valence-electron chi connectivity index (χ4n) is 2.83. The Morgan fingerprint density at radius 2 is 2.00 bits per heavy atom. The number of benzene rings is 1. The molecule has 2 heterocycles. The number of morpholine rings is 1. The number of nitrogen functional groups attached to an aromatic ring is 1. The summed E-state index contributed by atoms with van der Waals surface area (Å²) in [6, 6.07) is 7.72. The van der Waals surface area contributed by atoms with E-state index < -0.39 is 11.2 Å². The molecule has 160 valence electrons. The van der Waals surface area contributed by atoms with Crippen molar-refractivity contribution in [3.63, 3.8) is 0 Å². The third-order valence-electron chi connectivity index (χ3n) is 4.45. The summed E-state index contributed by atoms with van der Waals surface area (Å²) in [5.74, 6) is -0.731. The molecule has 0 aliphatic carbocycles. The zero-order valence-electron chi connectivity index (χ0n) is 17.0. The Balaban J connectivity index is 1.56. The number of carbonyl (C=O) groups excluding carboxylic acids is 2. The Morgan fingerprint density at radius 1 is 1.30 bits per heavy atom. The molecule has 1 amide bonds. The Bertz CT molecular complexity index is 887. The lowest BCUT2D eigenvalue weighted by atomic mass is 10.2. The second-order valence-electron chi connectivity index (χ2n) is 6.57. The molecular weight excluding hydrogens is 406 g/mol. The van der Waals surface area contributed by atoms with E-state index in [1.165, 1.54) is 6.20 Å². The topological polar surface area (TPSA) is 120 Å². The molecular formula is C20H25N5O4S. The minimum atomic E-state index is -0.571. The Morgan fingerprint density at radius 3 is 2.63 bits per heavy atom. The van der Waals surface area contributed by atoms with Crippen molar-refractivity contribution in [2.45, 2.75) is 24.3 Å². The van der Waals surface area contributed by atoms with Gasteiger partial charge in [-0.25, -0.2) is 14.8 Å². The molecule has 0 saturated carbocycles. The van der Waals surface area contributed by atoms with Crippen LogP contribution in [-0.4, -0.2) is 60.0 Å². The van der Waals surface area contributed by atoms with Crippen LogP contribution in [0.5, 0.6) is 0 Å². The molecule has 0 spiro atoms. The Kier molecular flexibility index (Phi) is 7.47. The van der Waals surface area contributed by atoms with E-state index in [0.717, 1.165) is 43.8 Å². The summed E-state index contributed by atoms with van der Waals surface area (Å²) >= 11 is 1.16. The highest BCUT2D eigenvalue weighted by atomic mass is 32.2. The van der Waals surface area contributed by atoms with E-state index >= 15 is 0 Å². The third kappa shape index (κ3) is 5.61. The number of hydrogen-bond donors (Lipinski definition) is 2. The van der Waals surface area contributed by atoms with Crippen LogP contribution in [0.25, 0.3) is 0 Å². The molecule has 0 radical (unpaired) electrons. The van der Waals surface area contributed by atoms with Crippen LogP contribution >= 0.6 is 11.8 Å². The number of hydrogen-bond acceptors (Lipinski definition) is 9. The number of nitrogens with one attached hydrogen (secondary N) is 1. The lowest BCUT2D eigenvalue weighted by Gasteiger charge is -2.28. The quantitative estimate of drug-likeness (QED) is 0.386. The maximum absolute atomic E-state index is 12.5. The van der Waals surface area contributed by atoms with Crippen molar-refractivity contribution in [3.8, 4) is 0 Å². The van der Waals surface area contributed by atoms with Crippen LogP contribution in [0.4, 0.5) is 17.2 Å². The molecule has 0 unspecified atom stereocenters. The summed E-state index contributed by atoms with van der Waals surface area (Å²) in [6.45, 7) is 6.85. The van der Waals surface area contributed by atoms with Gasteiger partial charge in [-0.3, -0.25) is 4.79 Å². The highest BCUT2D eigenvalue weighted by Gasteiger charge is 2.19. The first kappa shape index (κ1) is 21.8. The second-order valence-corrected chi connectivity index (χ2v) is 7.88. The summed E-state index contributed by atoms with van der Waals surface area (Å²) in [7, 11) is 0. The van der Waals surface area contributed by atoms with Gasteiger partial charge in [-0.1, -0.05) is 11.8 Å². The average molecular weight is 432 g/mol. The number of amides is 1. The molecule has 10 heteroatoms. The van der Waals surface area contributed by atoms with Crippen molar-refractivity contribution in [2.24, 2.45) is 0 Å². The minimum Gasteiger partial charge on any atom is -0.462 e. The standard InChI is InChI=1S/C20H25N5O4S/c1-3-29-19(27)16-12-22-20(24-17(16)21)30-13(2)18(26)23-14-4-6-15(7-5-14)25-8-10-28-11-9-25/h4-7,12-13H,3,8-11H2,1-2H3,(H,23,26)(H2,21,22,24)/t13-/m1/s1. The van der Waals surface area contributed by atoms with Crippen molar-refractivity contribution in [3.05, 3.63) is 36.0 Å². The van der Waals surface area contributed by atoms with Crippen molar-refractivity contribution >= 4 is 40.8 Å². The van der Waals surface area contributed by atoms with Crippen molar-refractivity contribution < 1.29 is 19.1 Å². The number of aromatic nitrogens is 2. The second kappa shape index (κ2) is 10.3. The number of anilines is 3. The van der Waals surface area contributed by atoms with E-state index in [0.29, 0.717) is 10.8 Å². The molecule has 9 nitrogen and oxygen atoms in total. The maximum Gasteiger partial charge on any atom is 0.343 e. The predicted molar refractivity (Wildman–Crippen MR) is 116 cm³/mol. The first-order chi connectivity index (χ1) is 14.5. The normalized spacial score (nSPS) is 14.8. The summed E-state index contributed by atoms with van der Waals surface area (Å²) in [5.41, 5.74) is 7.75. The number of carbonyl (C=O) groups is 2.